The lowest BCUT2D eigenvalue weighted by Gasteiger charge is -2.37. The standard InChI is InChI=1S/C19H22N4O3/c1-22-11-4-5-15(17(22)18(20)25)21-19(26)13-7-9-14(10-8-13)23-12-3-2-6-16(23)24/h2-3,6-10,12,15,17H,4-5,11H2,1H3,(H2,20,25)(H,21,26). The molecule has 1 fully saturated rings. The molecule has 1 aliphatic heterocycles. The van der Waals surface area contributed by atoms with Gasteiger partial charge in [-0.1, -0.05) is 6.07 Å². The largest absolute Gasteiger partial charge is 0.368 e. The Morgan fingerprint density at radius 3 is 2.54 bits per heavy atom. The van der Waals surface area contributed by atoms with Gasteiger partial charge in [-0.3, -0.25) is 23.9 Å². The average molecular weight is 354 g/mol. The van der Waals surface area contributed by atoms with Crippen molar-refractivity contribution in [3.63, 3.8) is 0 Å². The second kappa shape index (κ2) is 7.53. The highest BCUT2D eigenvalue weighted by Gasteiger charge is 2.34. The van der Waals surface area contributed by atoms with Gasteiger partial charge in [0.05, 0.1) is 6.04 Å². The lowest BCUT2D eigenvalue weighted by atomic mass is 9.95. The number of hydrogen-bond acceptors (Lipinski definition) is 4. The second-order valence-electron chi connectivity index (χ2n) is 6.51. The van der Waals surface area contributed by atoms with Gasteiger partial charge in [0.2, 0.25) is 5.91 Å². The molecule has 7 heteroatoms. The van der Waals surface area contributed by atoms with Crippen LogP contribution in [-0.2, 0) is 4.79 Å². The van der Waals surface area contributed by atoms with Crippen molar-refractivity contribution in [1.29, 1.82) is 0 Å². The third kappa shape index (κ3) is 3.67. The highest BCUT2D eigenvalue weighted by molar-refractivity contribution is 5.95. The van der Waals surface area contributed by atoms with Crippen molar-refractivity contribution in [2.45, 2.75) is 24.9 Å². The molecule has 0 bridgehead atoms. The molecule has 0 radical (unpaired) electrons. The Morgan fingerprint density at radius 1 is 1.15 bits per heavy atom. The Balaban J connectivity index is 1.75. The van der Waals surface area contributed by atoms with Crippen molar-refractivity contribution in [2.75, 3.05) is 13.6 Å². The van der Waals surface area contributed by atoms with Crippen molar-refractivity contribution in [3.05, 3.63) is 64.6 Å². The number of piperidine rings is 1. The van der Waals surface area contributed by atoms with Crippen LogP contribution in [0.4, 0.5) is 0 Å². The summed E-state index contributed by atoms with van der Waals surface area (Å²) >= 11 is 0. The molecule has 0 saturated carbocycles. The van der Waals surface area contributed by atoms with Crippen molar-refractivity contribution >= 4 is 11.8 Å². The van der Waals surface area contributed by atoms with Gasteiger partial charge in [0.1, 0.15) is 6.04 Å². The van der Waals surface area contributed by atoms with Gasteiger partial charge in [-0.25, -0.2) is 0 Å². The number of likely N-dealkylation sites (tertiary alicyclic amines) is 1. The molecule has 3 N–H and O–H groups in total. The van der Waals surface area contributed by atoms with E-state index in [9.17, 15) is 14.4 Å². The number of carbonyl (C=O) groups excluding carboxylic acids is 2. The van der Waals surface area contributed by atoms with Crippen LogP contribution in [0, 0.1) is 0 Å². The molecule has 136 valence electrons. The summed E-state index contributed by atoms with van der Waals surface area (Å²) in [5, 5.41) is 2.92. The number of rotatable bonds is 4. The first kappa shape index (κ1) is 17.9. The fourth-order valence-corrected chi connectivity index (χ4v) is 3.40. The highest BCUT2D eigenvalue weighted by atomic mass is 16.2. The van der Waals surface area contributed by atoms with Crippen LogP contribution in [0.3, 0.4) is 0 Å². The van der Waals surface area contributed by atoms with E-state index in [1.165, 1.54) is 10.6 Å². The van der Waals surface area contributed by atoms with Crippen LogP contribution in [0.1, 0.15) is 23.2 Å². The van der Waals surface area contributed by atoms with E-state index in [0.717, 1.165) is 13.0 Å². The first-order valence-electron chi connectivity index (χ1n) is 8.56. The Labute approximate surface area is 151 Å². The number of hydrogen-bond donors (Lipinski definition) is 2. The quantitative estimate of drug-likeness (QED) is 0.836. The molecule has 0 spiro atoms. The van der Waals surface area contributed by atoms with Crippen LogP contribution in [0.2, 0.25) is 0 Å². The predicted molar refractivity (Wildman–Crippen MR) is 98.1 cm³/mol. The van der Waals surface area contributed by atoms with Gasteiger partial charge in [-0.05, 0) is 56.8 Å². The van der Waals surface area contributed by atoms with Crippen LogP contribution in [0.15, 0.2) is 53.5 Å². The first-order valence-corrected chi connectivity index (χ1v) is 8.56. The van der Waals surface area contributed by atoms with E-state index in [4.69, 9.17) is 5.73 Å². The van der Waals surface area contributed by atoms with E-state index in [1.807, 2.05) is 11.9 Å². The van der Waals surface area contributed by atoms with Crippen molar-refractivity contribution in [3.8, 4) is 5.69 Å². The number of pyridine rings is 1. The number of primary amides is 1. The molecule has 2 amide bonds. The van der Waals surface area contributed by atoms with Gasteiger partial charge < -0.3 is 11.1 Å². The number of aromatic nitrogens is 1. The monoisotopic (exact) mass is 354 g/mol. The Hall–Kier alpha value is -2.93. The number of nitrogens with two attached hydrogens (primary N) is 1. The molecular formula is C19H22N4O3. The lowest BCUT2D eigenvalue weighted by molar-refractivity contribution is -0.124. The minimum atomic E-state index is -0.505. The zero-order valence-electron chi connectivity index (χ0n) is 14.6. The average Bonchev–Trinajstić information content (AvgIpc) is 2.62. The molecule has 0 aliphatic carbocycles. The van der Waals surface area contributed by atoms with E-state index in [1.54, 1.807) is 42.6 Å². The summed E-state index contributed by atoms with van der Waals surface area (Å²) in [4.78, 5) is 38.0. The molecule has 7 nitrogen and oxygen atoms in total. The molecule has 1 saturated heterocycles. The van der Waals surface area contributed by atoms with Crippen LogP contribution in [0.25, 0.3) is 5.69 Å². The third-order valence-electron chi connectivity index (χ3n) is 4.72. The number of carbonyl (C=O) groups is 2. The minimum Gasteiger partial charge on any atom is -0.368 e. The van der Waals surface area contributed by atoms with Crippen LogP contribution < -0.4 is 16.6 Å². The summed E-state index contributed by atoms with van der Waals surface area (Å²) in [6.07, 6.45) is 3.27. The summed E-state index contributed by atoms with van der Waals surface area (Å²) in [5.74, 6) is -0.695. The molecule has 2 unspecified atom stereocenters. The van der Waals surface area contributed by atoms with E-state index < -0.39 is 11.9 Å². The number of nitrogens with one attached hydrogen (secondary N) is 1. The summed E-state index contributed by atoms with van der Waals surface area (Å²) in [5.41, 5.74) is 6.50. The summed E-state index contributed by atoms with van der Waals surface area (Å²) in [6, 6.07) is 10.9. The Morgan fingerprint density at radius 2 is 1.88 bits per heavy atom. The van der Waals surface area contributed by atoms with E-state index in [2.05, 4.69) is 5.32 Å². The zero-order chi connectivity index (χ0) is 18.7. The van der Waals surface area contributed by atoms with Gasteiger partial charge in [0, 0.05) is 23.5 Å². The van der Waals surface area contributed by atoms with Crippen molar-refractivity contribution < 1.29 is 9.59 Å². The summed E-state index contributed by atoms with van der Waals surface area (Å²) in [7, 11) is 1.83. The molecule has 26 heavy (non-hydrogen) atoms. The SMILES string of the molecule is CN1CCCC(NC(=O)c2ccc(-n3ccccc3=O)cc2)C1C(N)=O. The summed E-state index contributed by atoms with van der Waals surface area (Å²) < 4.78 is 1.50. The maximum atomic E-state index is 12.6. The number of likely N-dealkylation sites (N-methyl/N-ethyl adjacent to an activating group) is 1. The molecule has 1 aliphatic rings. The normalized spacial score (nSPS) is 20.5. The van der Waals surface area contributed by atoms with Gasteiger partial charge in [-0.2, -0.15) is 0 Å². The lowest BCUT2D eigenvalue weighted by Crippen LogP contribution is -2.59. The maximum Gasteiger partial charge on any atom is 0.255 e. The second-order valence-corrected chi connectivity index (χ2v) is 6.51. The third-order valence-corrected chi connectivity index (χ3v) is 4.72. The number of benzene rings is 1. The minimum absolute atomic E-state index is 0.140. The first-order chi connectivity index (χ1) is 12.5. The van der Waals surface area contributed by atoms with E-state index in [0.29, 0.717) is 17.7 Å². The number of nitrogens with zero attached hydrogens (tertiary/aromatic N) is 2. The molecule has 2 atom stereocenters. The Kier molecular flexibility index (Phi) is 5.18. The molecular weight excluding hydrogens is 332 g/mol. The fourth-order valence-electron chi connectivity index (χ4n) is 3.40. The van der Waals surface area contributed by atoms with Crippen LogP contribution >= 0.6 is 0 Å². The summed E-state index contributed by atoms with van der Waals surface area (Å²) in [6.45, 7) is 0.778. The highest BCUT2D eigenvalue weighted by Crippen LogP contribution is 2.17. The van der Waals surface area contributed by atoms with Crippen LogP contribution in [-0.4, -0.2) is 47.0 Å². The topological polar surface area (TPSA) is 97.4 Å². The zero-order valence-corrected chi connectivity index (χ0v) is 14.6. The molecule has 2 heterocycles. The van der Waals surface area contributed by atoms with E-state index >= 15 is 0 Å². The molecule has 2 aromatic rings. The van der Waals surface area contributed by atoms with Crippen LogP contribution in [0.5, 0.6) is 0 Å². The van der Waals surface area contributed by atoms with E-state index in [-0.39, 0.29) is 17.5 Å². The van der Waals surface area contributed by atoms with Crippen molar-refractivity contribution in [1.82, 2.24) is 14.8 Å². The fraction of sp³-hybridized carbons (Fsp3) is 0.316. The number of amides is 2. The molecule has 1 aromatic heterocycles. The Bertz CT molecular complexity index is 860. The van der Waals surface area contributed by atoms with Gasteiger partial charge in [0.15, 0.2) is 0 Å². The van der Waals surface area contributed by atoms with Gasteiger partial charge >= 0.3 is 0 Å². The van der Waals surface area contributed by atoms with Gasteiger partial charge in [-0.15, -0.1) is 0 Å². The molecule has 3 rings (SSSR count). The van der Waals surface area contributed by atoms with Crippen molar-refractivity contribution in [2.24, 2.45) is 5.73 Å². The van der Waals surface area contributed by atoms with Gasteiger partial charge in [0.25, 0.3) is 11.5 Å². The maximum absolute atomic E-state index is 12.6. The predicted octanol–water partition coefficient (Wildman–Crippen LogP) is 0.515. The molecule has 1 aromatic carbocycles. The smallest absolute Gasteiger partial charge is 0.255 e.